The van der Waals surface area contributed by atoms with Crippen LogP contribution in [0.5, 0.6) is 0 Å². The average Bonchev–Trinajstić information content (AvgIpc) is 3.19. The highest BCUT2D eigenvalue weighted by molar-refractivity contribution is 6.03. The maximum Gasteiger partial charge on any atom is 0.291 e. The van der Waals surface area contributed by atoms with Gasteiger partial charge in [0, 0.05) is 24.8 Å². The van der Waals surface area contributed by atoms with E-state index in [-0.39, 0.29) is 17.6 Å². The van der Waals surface area contributed by atoms with E-state index in [9.17, 15) is 9.59 Å². The molecule has 0 atom stereocenters. The fourth-order valence-electron chi connectivity index (χ4n) is 2.82. The molecule has 0 bridgehead atoms. The van der Waals surface area contributed by atoms with E-state index in [1.165, 1.54) is 6.26 Å². The second-order valence-corrected chi connectivity index (χ2v) is 6.55. The minimum Gasteiger partial charge on any atom is -0.459 e. The van der Waals surface area contributed by atoms with Gasteiger partial charge in [0.2, 0.25) is 0 Å². The maximum atomic E-state index is 12.8. The first-order chi connectivity index (χ1) is 13.0. The van der Waals surface area contributed by atoms with Crippen molar-refractivity contribution in [2.24, 2.45) is 0 Å². The Balaban J connectivity index is 1.77. The molecule has 27 heavy (non-hydrogen) atoms. The van der Waals surface area contributed by atoms with Crippen LogP contribution in [-0.2, 0) is 6.54 Å². The molecule has 0 fully saturated rings. The summed E-state index contributed by atoms with van der Waals surface area (Å²) in [4.78, 5) is 26.7. The van der Waals surface area contributed by atoms with Crippen molar-refractivity contribution in [3.8, 4) is 0 Å². The van der Waals surface area contributed by atoms with Gasteiger partial charge in [0.05, 0.1) is 6.26 Å². The maximum absolute atomic E-state index is 12.8. The Morgan fingerprint density at radius 1 is 1.00 bits per heavy atom. The van der Waals surface area contributed by atoms with E-state index in [0.29, 0.717) is 17.8 Å². The standard InChI is InChI=1S/C22H22N2O3/c1-15-7-4-5-8-18(15)14-24(3)22(26)17-11-10-16(2)19(13-17)23-21(25)20-9-6-12-27-20/h4-13H,14H2,1-3H3,(H,23,25). The Morgan fingerprint density at radius 3 is 2.48 bits per heavy atom. The molecule has 3 rings (SSSR count). The van der Waals surface area contributed by atoms with Crippen molar-refractivity contribution >= 4 is 17.5 Å². The number of anilines is 1. The minimum atomic E-state index is -0.346. The number of hydrogen-bond acceptors (Lipinski definition) is 3. The van der Waals surface area contributed by atoms with Gasteiger partial charge in [0.25, 0.3) is 11.8 Å². The molecule has 2 aromatic carbocycles. The van der Waals surface area contributed by atoms with Crippen LogP contribution in [-0.4, -0.2) is 23.8 Å². The van der Waals surface area contributed by atoms with Gasteiger partial charge in [-0.2, -0.15) is 0 Å². The van der Waals surface area contributed by atoms with Crippen molar-refractivity contribution in [1.82, 2.24) is 4.90 Å². The molecule has 0 aliphatic heterocycles. The molecular weight excluding hydrogens is 340 g/mol. The summed E-state index contributed by atoms with van der Waals surface area (Å²) >= 11 is 0. The highest BCUT2D eigenvalue weighted by Gasteiger charge is 2.16. The number of furan rings is 1. The van der Waals surface area contributed by atoms with Crippen LogP contribution in [0.25, 0.3) is 0 Å². The first-order valence-electron chi connectivity index (χ1n) is 8.71. The number of hydrogen-bond donors (Lipinski definition) is 1. The van der Waals surface area contributed by atoms with E-state index in [1.807, 2.05) is 44.2 Å². The van der Waals surface area contributed by atoms with E-state index < -0.39 is 0 Å². The molecule has 1 N–H and O–H groups in total. The minimum absolute atomic E-state index is 0.105. The van der Waals surface area contributed by atoms with Crippen LogP contribution in [0, 0.1) is 13.8 Å². The molecular formula is C22H22N2O3. The molecule has 0 radical (unpaired) electrons. The van der Waals surface area contributed by atoms with Crippen molar-refractivity contribution in [3.63, 3.8) is 0 Å². The lowest BCUT2D eigenvalue weighted by Crippen LogP contribution is -2.26. The van der Waals surface area contributed by atoms with Crippen LogP contribution in [0.2, 0.25) is 0 Å². The van der Waals surface area contributed by atoms with Crippen molar-refractivity contribution < 1.29 is 14.0 Å². The van der Waals surface area contributed by atoms with Gasteiger partial charge in [0.15, 0.2) is 5.76 Å². The molecule has 0 unspecified atom stereocenters. The Hall–Kier alpha value is -3.34. The lowest BCUT2D eigenvalue weighted by atomic mass is 10.1. The van der Waals surface area contributed by atoms with Crippen molar-refractivity contribution in [3.05, 3.63) is 88.9 Å². The predicted octanol–water partition coefficient (Wildman–Crippen LogP) is 4.42. The summed E-state index contributed by atoms with van der Waals surface area (Å²) in [6.45, 7) is 4.43. The number of carbonyl (C=O) groups excluding carboxylic acids is 2. The summed E-state index contributed by atoms with van der Waals surface area (Å²) in [6, 6.07) is 16.5. The van der Waals surface area contributed by atoms with Crippen LogP contribution >= 0.6 is 0 Å². The molecule has 5 heteroatoms. The third-order valence-corrected chi connectivity index (χ3v) is 4.49. The summed E-state index contributed by atoms with van der Waals surface area (Å²) in [7, 11) is 1.77. The Morgan fingerprint density at radius 2 is 1.78 bits per heavy atom. The molecule has 0 saturated heterocycles. The molecule has 0 saturated carbocycles. The summed E-state index contributed by atoms with van der Waals surface area (Å²) in [6.07, 6.45) is 1.45. The molecule has 5 nitrogen and oxygen atoms in total. The van der Waals surface area contributed by atoms with E-state index in [2.05, 4.69) is 5.32 Å². The molecule has 0 aliphatic rings. The van der Waals surface area contributed by atoms with Gasteiger partial charge in [-0.25, -0.2) is 0 Å². The summed E-state index contributed by atoms with van der Waals surface area (Å²) in [5.41, 5.74) is 4.23. The zero-order valence-electron chi connectivity index (χ0n) is 15.7. The monoisotopic (exact) mass is 362 g/mol. The zero-order valence-corrected chi connectivity index (χ0v) is 15.7. The number of nitrogens with zero attached hydrogens (tertiary/aromatic N) is 1. The van der Waals surface area contributed by atoms with Crippen molar-refractivity contribution in [2.45, 2.75) is 20.4 Å². The normalized spacial score (nSPS) is 10.5. The van der Waals surface area contributed by atoms with Gasteiger partial charge in [-0.3, -0.25) is 9.59 Å². The Bertz CT molecular complexity index is 961. The highest BCUT2D eigenvalue weighted by Crippen LogP contribution is 2.20. The number of aryl methyl sites for hydroxylation is 2. The summed E-state index contributed by atoms with van der Waals surface area (Å²) in [5, 5.41) is 2.80. The zero-order chi connectivity index (χ0) is 19.4. The van der Waals surface area contributed by atoms with Gasteiger partial charge in [0.1, 0.15) is 0 Å². The van der Waals surface area contributed by atoms with Crippen molar-refractivity contribution in [2.75, 3.05) is 12.4 Å². The molecule has 2 amide bonds. The molecule has 0 spiro atoms. The van der Waals surface area contributed by atoms with Gasteiger partial charge >= 0.3 is 0 Å². The molecule has 1 heterocycles. The number of benzene rings is 2. The first-order valence-corrected chi connectivity index (χ1v) is 8.71. The number of carbonyl (C=O) groups is 2. The molecule has 138 valence electrons. The van der Waals surface area contributed by atoms with E-state index in [1.54, 1.807) is 36.2 Å². The van der Waals surface area contributed by atoms with Crippen LogP contribution in [0.15, 0.2) is 65.3 Å². The smallest absolute Gasteiger partial charge is 0.291 e. The Kier molecular flexibility index (Phi) is 5.41. The third kappa shape index (κ3) is 4.26. The van der Waals surface area contributed by atoms with E-state index in [0.717, 1.165) is 16.7 Å². The SMILES string of the molecule is Cc1ccccc1CN(C)C(=O)c1ccc(C)c(NC(=O)c2ccco2)c1. The lowest BCUT2D eigenvalue weighted by Gasteiger charge is -2.19. The largest absolute Gasteiger partial charge is 0.459 e. The van der Waals surface area contributed by atoms with E-state index in [4.69, 9.17) is 4.42 Å². The molecule has 1 aromatic heterocycles. The van der Waals surface area contributed by atoms with Gasteiger partial charge < -0.3 is 14.6 Å². The lowest BCUT2D eigenvalue weighted by molar-refractivity contribution is 0.0784. The van der Waals surface area contributed by atoms with Crippen LogP contribution in [0.3, 0.4) is 0 Å². The number of amides is 2. The summed E-state index contributed by atoms with van der Waals surface area (Å²) < 4.78 is 5.11. The fourth-order valence-corrected chi connectivity index (χ4v) is 2.82. The molecule has 0 aliphatic carbocycles. The van der Waals surface area contributed by atoms with Crippen LogP contribution in [0.4, 0.5) is 5.69 Å². The predicted molar refractivity (Wildman–Crippen MR) is 105 cm³/mol. The second-order valence-electron chi connectivity index (χ2n) is 6.55. The number of nitrogens with one attached hydrogen (secondary N) is 1. The molecule has 3 aromatic rings. The topological polar surface area (TPSA) is 62.6 Å². The summed E-state index contributed by atoms with van der Waals surface area (Å²) in [5.74, 6) is -0.226. The quantitative estimate of drug-likeness (QED) is 0.731. The average molecular weight is 362 g/mol. The number of rotatable bonds is 5. The van der Waals surface area contributed by atoms with Gasteiger partial charge in [-0.05, 0) is 54.8 Å². The third-order valence-electron chi connectivity index (χ3n) is 4.49. The van der Waals surface area contributed by atoms with Crippen LogP contribution < -0.4 is 5.32 Å². The van der Waals surface area contributed by atoms with E-state index >= 15 is 0 Å². The van der Waals surface area contributed by atoms with Gasteiger partial charge in [-0.15, -0.1) is 0 Å². The van der Waals surface area contributed by atoms with Gasteiger partial charge in [-0.1, -0.05) is 30.3 Å². The Labute approximate surface area is 158 Å². The fraction of sp³-hybridized carbons (Fsp3) is 0.182. The first kappa shape index (κ1) is 18.5. The second kappa shape index (κ2) is 7.91. The highest BCUT2D eigenvalue weighted by atomic mass is 16.3. The van der Waals surface area contributed by atoms with Crippen LogP contribution in [0.1, 0.15) is 37.6 Å². The van der Waals surface area contributed by atoms with Crippen molar-refractivity contribution in [1.29, 1.82) is 0 Å².